The van der Waals surface area contributed by atoms with Gasteiger partial charge in [0, 0.05) is 0 Å². The Morgan fingerprint density at radius 2 is 0.939 bits per heavy atom. The van der Waals surface area contributed by atoms with Gasteiger partial charge in [-0.1, -0.05) is 0 Å². The van der Waals surface area contributed by atoms with Crippen LogP contribution in [0.15, 0.2) is 115 Å². The number of fused-ring (bicyclic) bond motifs is 1. The number of rotatable bonds is 4. The zero-order valence-corrected chi connectivity index (χ0v) is 22.3. The van der Waals surface area contributed by atoms with Crippen LogP contribution in [0.4, 0.5) is 0 Å². The molecule has 0 N–H and O–H groups in total. The van der Waals surface area contributed by atoms with Gasteiger partial charge < -0.3 is 37.2 Å². The molecule has 0 saturated heterocycles. The first-order valence-corrected chi connectivity index (χ1v) is 11.9. The Morgan fingerprint density at radius 3 is 1.33 bits per heavy atom. The van der Waals surface area contributed by atoms with Crippen LogP contribution in [0.3, 0.4) is 0 Å². The van der Waals surface area contributed by atoms with Crippen molar-refractivity contribution < 1.29 is 57.7 Å². The van der Waals surface area contributed by atoms with E-state index < -0.39 is 0 Å². The molecule has 2 aliphatic carbocycles. The molecule has 168 valence electrons. The zero-order valence-electron chi connectivity index (χ0n) is 18.5. The predicted octanol–water partition coefficient (Wildman–Crippen LogP) is -2.01. The van der Waals surface area contributed by atoms with Gasteiger partial charge in [-0.2, -0.15) is 0 Å². The van der Waals surface area contributed by atoms with Crippen LogP contribution in [0, 0.1) is 23.7 Å². The molecule has 1 fully saturated rings. The molecule has 5 atom stereocenters. The second-order valence-corrected chi connectivity index (χ2v) is 9.78. The van der Waals surface area contributed by atoms with Crippen molar-refractivity contribution in [3.8, 4) is 0 Å². The molecular formula is C29H27Cl3Ti. The fraction of sp³-hybridized carbons (Fsp3) is 0.241. The van der Waals surface area contributed by atoms with Crippen molar-refractivity contribution in [3.05, 3.63) is 132 Å². The van der Waals surface area contributed by atoms with Crippen LogP contribution in [-0.4, -0.2) is 0 Å². The second-order valence-electron chi connectivity index (χ2n) is 8.74. The average Bonchev–Trinajstić information content (AvgIpc) is 3.08. The minimum atomic E-state index is -0.188. The summed E-state index contributed by atoms with van der Waals surface area (Å²) in [6.07, 6.45) is 9.46. The van der Waals surface area contributed by atoms with Crippen molar-refractivity contribution >= 4 is 0 Å². The summed E-state index contributed by atoms with van der Waals surface area (Å²) in [5.41, 5.74) is 4.01. The van der Waals surface area contributed by atoms with Crippen molar-refractivity contribution in [3.63, 3.8) is 0 Å². The first kappa shape index (κ1) is 28.0. The molecule has 1 saturated carbocycles. The number of allylic oxidation sites excluding steroid dienone is 4. The molecule has 0 spiro atoms. The summed E-state index contributed by atoms with van der Waals surface area (Å²) < 4.78 is 0.650. The third-order valence-electron chi connectivity index (χ3n) is 7.37. The van der Waals surface area contributed by atoms with Crippen LogP contribution in [0.1, 0.15) is 23.6 Å². The first-order valence-electron chi connectivity index (χ1n) is 11.0. The summed E-state index contributed by atoms with van der Waals surface area (Å²) in [5.74, 6) is 2.20. The van der Waals surface area contributed by atoms with E-state index in [2.05, 4.69) is 143 Å². The molecule has 3 aromatic carbocycles. The Kier molecular flexibility index (Phi) is 10.1. The van der Waals surface area contributed by atoms with Crippen LogP contribution in [-0.2, 0) is 25.9 Å². The predicted molar refractivity (Wildman–Crippen MR) is 121 cm³/mol. The van der Waals surface area contributed by atoms with Gasteiger partial charge in [0.2, 0.25) is 0 Å². The standard InChI is InChI=1S/C29H27.3ClH.Ti/c1-22-21-23-13-11-12-20-27(23)28(22)29(24-14-5-2-6-15-24,25-16-7-3-8-17-25)26-18-9-4-10-19-26;;;;/h2-23,27-28H,1H3;3*1H;/q;;;;+3/p-3. The molecule has 5 rings (SSSR count). The van der Waals surface area contributed by atoms with E-state index in [1.807, 2.05) is 0 Å². The first-order chi connectivity index (χ1) is 14.7. The van der Waals surface area contributed by atoms with E-state index in [0.29, 0.717) is 27.9 Å². The van der Waals surface area contributed by atoms with E-state index in [1.165, 1.54) is 16.7 Å². The van der Waals surface area contributed by atoms with E-state index in [4.69, 9.17) is 0 Å². The van der Waals surface area contributed by atoms with Gasteiger partial charge >= 0.3 is 193 Å². The molecule has 33 heavy (non-hydrogen) atoms. The van der Waals surface area contributed by atoms with Gasteiger partial charge in [0.15, 0.2) is 0 Å². The minimum Gasteiger partial charge on any atom is -1.00 e. The van der Waals surface area contributed by atoms with Crippen molar-refractivity contribution in [1.29, 1.82) is 0 Å². The Hall–Kier alpha value is -1.28. The van der Waals surface area contributed by atoms with Gasteiger partial charge in [-0.3, -0.25) is 0 Å². The topological polar surface area (TPSA) is 0 Å². The average molecular weight is 530 g/mol. The van der Waals surface area contributed by atoms with Gasteiger partial charge in [-0.15, -0.1) is 0 Å². The smallest absolute Gasteiger partial charge is 1.00 e. The van der Waals surface area contributed by atoms with E-state index in [0.717, 1.165) is 0 Å². The molecule has 0 nitrogen and oxygen atoms in total. The van der Waals surface area contributed by atoms with Gasteiger partial charge in [0.25, 0.3) is 0 Å². The molecule has 2 aliphatic rings. The summed E-state index contributed by atoms with van der Waals surface area (Å²) in [6.45, 7) is 2.49. The molecule has 5 unspecified atom stereocenters. The summed E-state index contributed by atoms with van der Waals surface area (Å²) >= 11 is 2.46. The SMILES string of the molecule is CC1[CH]([Ti+3])C2C=CC=CC2C1C(c1ccccc1)(c1ccccc1)c1ccccc1.[Cl-].[Cl-].[Cl-]. The third-order valence-corrected chi connectivity index (χ3v) is 8.79. The van der Waals surface area contributed by atoms with Crippen molar-refractivity contribution in [2.24, 2.45) is 23.7 Å². The van der Waals surface area contributed by atoms with Crippen LogP contribution < -0.4 is 37.2 Å². The van der Waals surface area contributed by atoms with Crippen molar-refractivity contribution in [2.45, 2.75) is 16.6 Å². The molecule has 0 aromatic heterocycles. The van der Waals surface area contributed by atoms with Crippen molar-refractivity contribution in [1.82, 2.24) is 0 Å². The maximum absolute atomic E-state index is 2.49. The van der Waals surface area contributed by atoms with Gasteiger partial charge in [-0.05, 0) is 0 Å². The normalized spacial score (nSPS) is 25.2. The van der Waals surface area contributed by atoms with Gasteiger partial charge in [0.05, 0.1) is 0 Å². The number of hydrogen-bond acceptors (Lipinski definition) is 0. The molecule has 3 aromatic rings. The molecule has 0 heterocycles. The van der Waals surface area contributed by atoms with E-state index in [-0.39, 0.29) is 42.6 Å². The summed E-state index contributed by atoms with van der Waals surface area (Å²) in [6, 6.07) is 33.7. The number of hydrogen-bond donors (Lipinski definition) is 0. The van der Waals surface area contributed by atoms with E-state index >= 15 is 0 Å². The molecule has 0 bridgehead atoms. The monoisotopic (exact) mass is 528 g/mol. The van der Waals surface area contributed by atoms with Crippen molar-refractivity contribution in [2.75, 3.05) is 0 Å². The zero-order chi connectivity index (χ0) is 20.6. The maximum Gasteiger partial charge on any atom is -1.00 e. The van der Waals surface area contributed by atoms with E-state index in [9.17, 15) is 0 Å². The molecule has 0 radical (unpaired) electrons. The second kappa shape index (κ2) is 11.9. The quantitative estimate of drug-likeness (QED) is 0.271. The Labute approximate surface area is 228 Å². The third kappa shape index (κ3) is 4.66. The molecule has 0 amide bonds. The molecule has 0 aliphatic heterocycles. The summed E-state index contributed by atoms with van der Waals surface area (Å²) in [5, 5.41) is 0. The fourth-order valence-corrected chi connectivity index (χ4v) is 6.99. The van der Waals surface area contributed by atoms with E-state index in [1.54, 1.807) is 0 Å². The molecular weight excluding hydrogens is 503 g/mol. The number of benzene rings is 3. The Bertz CT molecular complexity index is 953. The van der Waals surface area contributed by atoms with Gasteiger partial charge in [-0.25, -0.2) is 0 Å². The summed E-state index contributed by atoms with van der Waals surface area (Å²) in [7, 11) is 0. The van der Waals surface area contributed by atoms with Crippen LogP contribution in [0.25, 0.3) is 0 Å². The number of halogens is 3. The summed E-state index contributed by atoms with van der Waals surface area (Å²) in [4.78, 5) is 0. The van der Waals surface area contributed by atoms with Crippen LogP contribution in [0.5, 0.6) is 0 Å². The fourth-order valence-electron chi connectivity index (χ4n) is 6.15. The Morgan fingerprint density at radius 1 is 0.576 bits per heavy atom. The van der Waals surface area contributed by atoms with Gasteiger partial charge in [0.1, 0.15) is 0 Å². The largest absolute Gasteiger partial charge is 1.00 e. The van der Waals surface area contributed by atoms with Crippen LogP contribution in [0.2, 0.25) is 4.22 Å². The Balaban J connectivity index is 0.00000128. The maximum atomic E-state index is 2.49. The van der Waals surface area contributed by atoms with Crippen LogP contribution >= 0.6 is 0 Å². The molecule has 4 heteroatoms. The minimum absolute atomic E-state index is 0.